The van der Waals surface area contributed by atoms with Gasteiger partial charge in [-0.05, 0) is 43.7 Å². The summed E-state index contributed by atoms with van der Waals surface area (Å²) >= 11 is 0. The summed E-state index contributed by atoms with van der Waals surface area (Å²) in [5.41, 5.74) is 2.23. The maximum atomic E-state index is 12.5. The summed E-state index contributed by atoms with van der Waals surface area (Å²) in [6.45, 7) is 8.58. The normalized spacial score (nSPS) is 21.8. The van der Waals surface area contributed by atoms with E-state index >= 15 is 0 Å². The minimum atomic E-state index is -1.13. The highest BCUT2D eigenvalue weighted by molar-refractivity contribution is 6.76. The van der Waals surface area contributed by atoms with Crippen molar-refractivity contribution >= 4 is 30.7 Å². The average Bonchev–Trinajstić information content (AvgIpc) is 3.16. The minimum absolute atomic E-state index is 0.0898. The van der Waals surface area contributed by atoms with Crippen LogP contribution in [-0.2, 0) is 4.74 Å². The SMILES string of the molecule is C[Si](C)(C)CCOCOn1ccc2c3c(cnc21)C(=O)NCN3C1CCC(CO)CC1. The van der Waals surface area contributed by atoms with Gasteiger partial charge in [0.05, 0.1) is 17.9 Å². The molecule has 0 unspecified atom stereocenters. The topological polar surface area (TPSA) is 88.8 Å². The van der Waals surface area contributed by atoms with Gasteiger partial charge < -0.3 is 24.9 Å². The van der Waals surface area contributed by atoms with Crippen LogP contribution in [0, 0.1) is 5.92 Å². The van der Waals surface area contributed by atoms with Crippen molar-refractivity contribution in [3.8, 4) is 0 Å². The fourth-order valence-electron chi connectivity index (χ4n) is 4.44. The lowest BCUT2D eigenvalue weighted by molar-refractivity contribution is -0.0520. The van der Waals surface area contributed by atoms with Crippen LogP contribution in [0.4, 0.5) is 5.69 Å². The first-order chi connectivity index (χ1) is 14.9. The molecule has 1 aliphatic heterocycles. The molecule has 2 aromatic heterocycles. The Morgan fingerprint density at radius 3 is 2.74 bits per heavy atom. The minimum Gasteiger partial charge on any atom is -0.396 e. The van der Waals surface area contributed by atoms with Crippen molar-refractivity contribution < 1.29 is 19.5 Å². The van der Waals surface area contributed by atoms with Crippen molar-refractivity contribution in [1.29, 1.82) is 0 Å². The number of aliphatic hydroxyl groups is 1. The Kier molecular flexibility index (Phi) is 6.54. The number of nitrogens with zero attached hydrogens (tertiary/aromatic N) is 3. The van der Waals surface area contributed by atoms with Gasteiger partial charge in [0.25, 0.3) is 5.91 Å². The lowest BCUT2D eigenvalue weighted by Gasteiger charge is -2.41. The van der Waals surface area contributed by atoms with E-state index in [1.54, 1.807) is 10.9 Å². The van der Waals surface area contributed by atoms with Crippen molar-refractivity contribution in [3.63, 3.8) is 0 Å². The summed E-state index contributed by atoms with van der Waals surface area (Å²) in [6.07, 6.45) is 7.51. The number of pyridine rings is 1. The monoisotopic (exact) mass is 446 g/mol. The molecule has 0 atom stereocenters. The van der Waals surface area contributed by atoms with Crippen molar-refractivity contribution in [3.05, 3.63) is 24.0 Å². The number of carbonyl (C=O) groups excluding carboxylic acids is 1. The van der Waals surface area contributed by atoms with Gasteiger partial charge in [0.15, 0.2) is 5.65 Å². The molecule has 31 heavy (non-hydrogen) atoms. The number of ether oxygens (including phenoxy) is 1. The van der Waals surface area contributed by atoms with Gasteiger partial charge in [0.2, 0.25) is 6.79 Å². The number of aliphatic hydroxyl groups excluding tert-OH is 1. The smallest absolute Gasteiger partial charge is 0.256 e. The standard InChI is InChI=1S/C22H34N4O4Si/c1-31(2,3)11-10-29-15-30-26-9-8-18-20-19(12-23-21(18)26)22(28)24-14-25(20)17-6-4-16(13-27)5-7-17/h8-9,12,16-17,27H,4-7,10-11,13-15H2,1-3H3,(H,24,28). The molecule has 2 aliphatic rings. The van der Waals surface area contributed by atoms with E-state index in [1.165, 1.54) is 0 Å². The molecule has 1 amide bonds. The van der Waals surface area contributed by atoms with Crippen LogP contribution in [0.3, 0.4) is 0 Å². The van der Waals surface area contributed by atoms with Gasteiger partial charge in [-0.1, -0.05) is 19.6 Å². The number of amides is 1. The predicted octanol–water partition coefficient (Wildman–Crippen LogP) is 2.84. The third kappa shape index (κ3) is 4.88. The van der Waals surface area contributed by atoms with Gasteiger partial charge in [-0.2, -0.15) is 4.73 Å². The van der Waals surface area contributed by atoms with E-state index in [0.29, 0.717) is 36.4 Å². The van der Waals surface area contributed by atoms with E-state index in [4.69, 9.17) is 9.57 Å². The van der Waals surface area contributed by atoms with Crippen LogP contribution in [0.2, 0.25) is 25.7 Å². The Labute approximate surface area is 184 Å². The van der Waals surface area contributed by atoms with E-state index in [-0.39, 0.29) is 19.3 Å². The van der Waals surface area contributed by atoms with Crippen molar-refractivity contribution in [2.24, 2.45) is 5.92 Å². The number of hydrogen-bond donors (Lipinski definition) is 2. The van der Waals surface area contributed by atoms with E-state index in [0.717, 1.165) is 42.8 Å². The van der Waals surface area contributed by atoms with Crippen LogP contribution in [-0.4, -0.2) is 61.5 Å². The summed E-state index contributed by atoms with van der Waals surface area (Å²) in [7, 11) is -1.13. The molecule has 0 aromatic carbocycles. The fourth-order valence-corrected chi connectivity index (χ4v) is 5.20. The van der Waals surface area contributed by atoms with Gasteiger partial charge >= 0.3 is 0 Å². The largest absolute Gasteiger partial charge is 0.396 e. The highest BCUT2D eigenvalue weighted by Crippen LogP contribution is 2.37. The number of hydrogen-bond acceptors (Lipinski definition) is 6. The van der Waals surface area contributed by atoms with E-state index < -0.39 is 8.07 Å². The Hall–Kier alpha value is -2.10. The summed E-state index contributed by atoms with van der Waals surface area (Å²) in [5.74, 6) is 0.302. The number of rotatable bonds is 8. The molecule has 4 rings (SSSR count). The molecule has 9 heteroatoms. The van der Waals surface area contributed by atoms with Crippen molar-refractivity contribution in [2.45, 2.75) is 57.4 Å². The van der Waals surface area contributed by atoms with Gasteiger partial charge in [-0.3, -0.25) is 4.79 Å². The summed E-state index contributed by atoms with van der Waals surface area (Å²) < 4.78 is 7.30. The van der Waals surface area contributed by atoms with Crippen molar-refractivity contribution in [2.75, 3.05) is 31.6 Å². The van der Waals surface area contributed by atoms with Crippen LogP contribution in [0.25, 0.3) is 11.0 Å². The van der Waals surface area contributed by atoms with Crippen LogP contribution in [0.5, 0.6) is 0 Å². The number of anilines is 1. The van der Waals surface area contributed by atoms with E-state index in [2.05, 4.69) is 34.8 Å². The molecular weight excluding hydrogens is 412 g/mol. The maximum Gasteiger partial charge on any atom is 0.256 e. The molecule has 0 spiro atoms. The van der Waals surface area contributed by atoms with Crippen LogP contribution < -0.4 is 15.1 Å². The van der Waals surface area contributed by atoms with Gasteiger partial charge in [-0.15, -0.1) is 0 Å². The second-order valence-corrected chi connectivity index (χ2v) is 15.5. The first-order valence-electron chi connectivity index (χ1n) is 11.2. The third-order valence-corrected chi connectivity index (χ3v) is 8.09. The molecular formula is C22H34N4O4Si. The molecule has 3 heterocycles. The van der Waals surface area contributed by atoms with Gasteiger partial charge in [0.1, 0.15) is 0 Å². The highest BCUT2D eigenvalue weighted by Gasteiger charge is 2.33. The Morgan fingerprint density at radius 1 is 1.26 bits per heavy atom. The lowest BCUT2D eigenvalue weighted by Crippen LogP contribution is -2.49. The molecule has 2 aromatic rings. The number of fused-ring (bicyclic) bond motifs is 3. The second kappa shape index (κ2) is 9.18. The molecule has 0 saturated heterocycles. The molecule has 1 aliphatic carbocycles. The van der Waals surface area contributed by atoms with Crippen LogP contribution >= 0.6 is 0 Å². The summed E-state index contributed by atoms with van der Waals surface area (Å²) in [5, 5.41) is 13.4. The summed E-state index contributed by atoms with van der Waals surface area (Å²) in [4.78, 5) is 25.1. The molecule has 1 saturated carbocycles. The number of carbonyl (C=O) groups is 1. The van der Waals surface area contributed by atoms with Gasteiger partial charge in [0, 0.05) is 45.1 Å². The highest BCUT2D eigenvalue weighted by atomic mass is 28.3. The Bertz CT molecular complexity index is 918. The molecule has 1 fully saturated rings. The molecule has 0 radical (unpaired) electrons. The van der Waals surface area contributed by atoms with E-state index in [1.807, 2.05) is 12.3 Å². The number of nitrogens with one attached hydrogen (secondary N) is 1. The first kappa shape index (κ1) is 22.1. The quantitative estimate of drug-likeness (QED) is 0.368. The molecule has 2 N–H and O–H groups in total. The fraction of sp³-hybridized carbons (Fsp3) is 0.636. The first-order valence-corrected chi connectivity index (χ1v) is 14.9. The van der Waals surface area contributed by atoms with Crippen LogP contribution in [0.1, 0.15) is 36.0 Å². The zero-order valence-electron chi connectivity index (χ0n) is 18.8. The summed E-state index contributed by atoms with van der Waals surface area (Å²) in [6, 6.07) is 3.40. The average molecular weight is 447 g/mol. The Balaban J connectivity index is 1.52. The Morgan fingerprint density at radius 2 is 2.03 bits per heavy atom. The van der Waals surface area contributed by atoms with Gasteiger partial charge in [-0.25, -0.2) is 4.98 Å². The lowest BCUT2D eigenvalue weighted by atomic mass is 9.85. The molecule has 170 valence electrons. The molecule has 0 bridgehead atoms. The zero-order chi connectivity index (χ0) is 22.0. The third-order valence-electron chi connectivity index (χ3n) is 6.38. The predicted molar refractivity (Wildman–Crippen MR) is 123 cm³/mol. The van der Waals surface area contributed by atoms with Crippen LogP contribution in [0.15, 0.2) is 18.5 Å². The maximum absolute atomic E-state index is 12.5. The van der Waals surface area contributed by atoms with E-state index in [9.17, 15) is 9.90 Å². The molecule has 8 nitrogen and oxygen atoms in total. The second-order valence-electron chi connectivity index (χ2n) is 9.86. The van der Waals surface area contributed by atoms with Crippen molar-refractivity contribution in [1.82, 2.24) is 15.0 Å². The number of aromatic nitrogens is 2. The zero-order valence-corrected chi connectivity index (χ0v) is 19.8.